The van der Waals surface area contributed by atoms with E-state index in [0.717, 1.165) is 53.7 Å². The zero-order valence-corrected chi connectivity index (χ0v) is 22.5. The molecule has 0 spiro atoms. The zero-order valence-electron chi connectivity index (χ0n) is 22.5. The molecule has 0 saturated heterocycles. The van der Waals surface area contributed by atoms with E-state index in [4.69, 9.17) is 14.3 Å². The first-order valence-electron chi connectivity index (χ1n) is 13.5. The Balaban J connectivity index is 1.48. The van der Waals surface area contributed by atoms with Crippen LogP contribution < -0.4 is 4.90 Å². The fourth-order valence-corrected chi connectivity index (χ4v) is 5.24. The van der Waals surface area contributed by atoms with Crippen LogP contribution in [0.25, 0.3) is 28.0 Å². The van der Waals surface area contributed by atoms with Crippen LogP contribution in [0.4, 0.5) is 5.82 Å². The maximum Gasteiger partial charge on any atom is 0.343 e. The van der Waals surface area contributed by atoms with E-state index >= 15 is 0 Å². The molecule has 2 heterocycles. The molecule has 7 heteroatoms. The van der Waals surface area contributed by atoms with Gasteiger partial charge < -0.3 is 9.15 Å². The van der Waals surface area contributed by atoms with Crippen LogP contribution in [0.5, 0.6) is 0 Å². The van der Waals surface area contributed by atoms with Gasteiger partial charge in [-0.3, -0.25) is 9.69 Å². The zero-order chi connectivity index (χ0) is 26.8. The van der Waals surface area contributed by atoms with Crippen LogP contribution >= 0.6 is 0 Å². The number of benzene rings is 2. The summed E-state index contributed by atoms with van der Waals surface area (Å²) >= 11 is 0. The second-order valence-electron chi connectivity index (χ2n) is 10.5. The van der Waals surface area contributed by atoms with Crippen molar-refractivity contribution < 1.29 is 18.7 Å². The monoisotopic (exact) mass is 513 g/mol. The van der Waals surface area contributed by atoms with Gasteiger partial charge in [-0.1, -0.05) is 25.1 Å². The summed E-state index contributed by atoms with van der Waals surface area (Å²) in [5, 5.41) is 5.82. The third-order valence-electron chi connectivity index (χ3n) is 7.38. The molecule has 2 aromatic heterocycles. The number of esters is 1. The number of carbonyl (C=O) groups excluding carboxylic acids is 2. The number of nitrogens with zero attached hydrogens (tertiary/aromatic N) is 3. The molecule has 0 radical (unpaired) electrons. The summed E-state index contributed by atoms with van der Waals surface area (Å²) in [5.41, 5.74) is 2.84. The Morgan fingerprint density at radius 1 is 1.08 bits per heavy atom. The Morgan fingerprint density at radius 3 is 2.45 bits per heavy atom. The Bertz CT molecular complexity index is 1390. The minimum atomic E-state index is -0.483. The van der Waals surface area contributed by atoms with Gasteiger partial charge in [0.15, 0.2) is 5.82 Å². The highest BCUT2D eigenvalue weighted by Gasteiger charge is 2.34. The standard InChI is InChI=1S/C31H35N3O4/c1-5-37-31(36)26-19-33(32-29(26)34(20(2)3)30(35)23-12-10-21(4)11-13-23)25-16-14-22(15-17-25)28-18-24-8-6-7-9-27(24)38-28/h6-9,14-21,23H,5,10-13H2,1-4H3. The first kappa shape index (κ1) is 25.8. The Labute approximate surface area is 223 Å². The highest BCUT2D eigenvalue weighted by Crippen LogP contribution is 2.33. The van der Waals surface area contributed by atoms with Crippen LogP contribution in [0, 0.1) is 11.8 Å². The Kier molecular flexibility index (Phi) is 7.36. The van der Waals surface area contributed by atoms with Crippen molar-refractivity contribution in [2.24, 2.45) is 11.8 Å². The third kappa shape index (κ3) is 5.10. The lowest BCUT2D eigenvalue weighted by molar-refractivity contribution is -0.124. The van der Waals surface area contributed by atoms with Crippen LogP contribution in [0.1, 0.15) is 63.7 Å². The quantitative estimate of drug-likeness (QED) is 0.248. The molecular weight excluding hydrogens is 478 g/mol. The molecule has 1 aliphatic carbocycles. The summed E-state index contributed by atoms with van der Waals surface area (Å²) in [6.07, 6.45) is 5.47. The van der Waals surface area contributed by atoms with Gasteiger partial charge in [-0.05, 0) is 88.8 Å². The molecular formula is C31H35N3O4. The summed E-state index contributed by atoms with van der Waals surface area (Å²) in [7, 11) is 0. The van der Waals surface area contributed by atoms with Crippen molar-refractivity contribution in [2.45, 2.75) is 59.4 Å². The smallest absolute Gasteiger partial charge is 0.343 e. The summed E-state index contributed by atoms with van der Waals surface area (Å²) in [5.74, 6) is 1.26. The van der Waals surface area contributed by atoms with Crippen molar-refractivity contribution >= 4 is 28.7 Å². The summed E-state index contributed by atoms with van der Waals surface area (Å²) < 4.78 is 13.0. The normalized spacial score (nSPS) is 17.6. The lowest BCUT2D eigenvalue weighted by atomic mass is 9.82. The van der Waals surface area contributed by atoms with Crippen LogP contribution in [0.2, 0.25) is 0 Å². The molecule has 1 aliphatic rings. The van der Waals surface area contributed by atoms with E-state index in [0.29, 0.717) is 17.3 Å². The highest BCUT2D eigenvalue weighted by molar-refractivity contribution is 6.02. The molecule has 1 amide bonds. The molecule has 38 heavy (non-hydrogen) atoms. The molecule has 4 aromatic rings. The third-order valence-corrected chi connectivity index (χ3v) is 7.38. The van der Waals surface area contributed by atoms with Crippen LogP contribution in [0.15, 0.2) is 65.2 Å². The molecule has 1 saturated carbocycles. The lowest BCUT2D eigenvalue weighted by Crippen LogP contribution is -2.43. The van der Waals surface area contributed by atoms with E-state index in [1.54, 1.807) is 22.7 Å². The highest BCUT2D eigenvalue weighted by atomic mass is 16.5. The first-order valence-corrected chi connectivity index (χ1v) is 13.5. The van der Waals surface area contributed by atoms with Crippen molar-refractivity contribution in [3.8, 4) is 17.0 Å². The average Bonchev–Trinajstić information content (AvgIpc) is 3.54. The van der Waals surface area contributed by atoms with Gasteiger partial charge >= 0.3 is 5.97 Å². The number of anilines is 1. The van der Waals surface area contributed by atoms with E-state index in [9.17, 15) is 9.59 Å². The lowest BCUT2D eigenvalue weighted by Gasteiger charge is -2.32. The second kappa shape index (κ2) is 10.9. The van der Waals surface area contributed by atoms with Crippen molar-refractivity contribution in [3.63, 3.8) is 0 Å². The molecule has 1 fully saturated rings. The second-order valence-corrected chi connectivity index (χ2v) is 10.5. The SMILES string of the molecule is CCOC(=O)c1cn(-c2ccc(-c3cc4ccccc4o3)cc2)nc1N(C(=O)C1CCC(C)CC1)C(C)C. The van der Waals surface area contributed by atoms with Gasteiger partial charge in [0, 0.05) is 29.1 Å². The van der Waals surface area contributed by atoms with Crippen molar-refractivity contribution in [3.05, 3.63) is 66.4 Å². The molecule has 2 aromatic carbocycles. The molecule has 5 rings (SSSR count). The van der Waals surface area contributed by atoms with Crippen LogP contribution in [-0.4, -0.2) is 34.3 Å². The van der Waals surface area contributed by atoms with Gasteiger partial charge in [0.1, 0.15) is 16.9 Å². The minimum Gasteiger partial charge on any atom is -0.462 e. The number of ether oxygens (including phenoxy) is 1. The number of hydrogen-bond donors (Lipinski definition) is 0. The summed E-state index contributed by atoms with van der Waals surface area (Å²) in [6.45, 7) is 8.17. The number of aromatic nitrogens is 2. The predicted molar refractivity (Wildman–Crippen MR) is 148 cm³/mol. The molecule has 0 N–H and O–H groups in total. The van der Waals surface area contributed by atoms with Gasteiger partial charge in [0.2, 0.25) is 5.91 Å². The number of fused-ring (bicyclic) bond motifs is 1. The maximum absolute atomic E-state index is 13.7. The minimum absolute atomic E-state index is 0.0305. The van der Waals surface area contributed by atoms with Gasteiger partial charge in [0.25, 0.3) is 0 Å². The number of hydrogen-bond acceptors (Lipinski definition) is 5. The number of furan rings is 1. The van der Waals surface area contributed by atoms with Crippen molar-refractivity contribution in [2.75, 3.05) is 11.5 Å². The van der Waals surface area contributed by atoms with Gasteiger partial charge in [0.05, 0.1) is 12.3 Å². The predicted octanol–water partition coefficient (Wildman–Crippen LogP) is 7.03. The summed E-state index contributed by atoms with van der Waals surface area (Å²) in [4.78, 5) is 28.4. The maximum atomic E-state index is 13.7. The van der Waals surface area contributed by atoms with E-state index in [1.807, 2.05) is 68.4 Å². The fourth-order valence-electron chi connectivity index (χ4n) is 5.24. The topological polar surface area (TPSA) is 77.6 Å². The van der Waals surface area contributed by atoms with E-state index in [1.165, 1.54) is 0 Å². The van der Waals surface area contributed by atoms with Gasteiger partial charge in [-0.15, -0.1) is 5.10 Å². The van der Waals surface area contributed by atoms with Gasteiger partial charge in [-0.2, -0.15) is 0 Å². The first-order chi connectivity index (χ1) is 18.4. The number of amides is 1. The molecule has 198 valence electrons. The molecule has 0 bridgehead atoms. The van der Waals surface area contributed by atoms with Crippen LogP contribution in [-0.2, 0) is 9.53 Å². The largest absolute Gasteiger partial charge is 0.462 e. The number of carbonyl (C=O) groups is 2. The average molecular weight is 514 g/mol. The molecule has 7 nitrogen and oxygen atoms in total. The fraction of sp³-hybridized carbons (Fsp3) is 0.387. The molecule has 0 unspecified atom stereocenters. The number of rotatable bonds is 7. The Hall–Kier alpha value is -3.87. The van der Waals surface area contributed by atoms with Gasteiger partial charge in [-0.25, -0.2) is 9.48 Å². The van der Waals surface area contributed by atoms with Crippen molar-refractivity contribution in [1.29, 1.82) is 0 Å². The molecule has 0 atom stereocenters. The van der Waals surface area contributed by atoms with E-state index < -0.39 is 5.97 Å². The summed E-state index contributed by atoms with van der Waals surface area (Å²) in [6, 6.07) is 17.6. The molecule has 0 aliphatic heterocycles. The van der Waals surface area contributed by atoms with Crippen LogP contribution in [0.3, 0.4) is 0 Å². The number of para-hydroxylation sites is 1. The van der Waals surface area contributed by atoms with Crippen molar-refractivity contribution in [1.82, 2.24) is 9.78 Å². The van der Waals surface area contributed by atoms with E-state index in [-0.39, 0.29) is 24.5 Å². The Morgan fingerprint density at radius 2 is 1.79 bits per heavy atom. The van der Waals surface area contributed by atoms with E-state index in [2.05, 4.69) is 6.92 Å².